The van der Waals surface area contributed by atoms with Crippen LogP contribution in [0, 0.1) is 18.3 Å². The molecule has 3 nitrogen and oxygen atoms in total. The smallest absolute Gasteiger partial charge is 0.162 e. The van der Waals surface area contributed by atoms with Crippen molar-refractivity contribution < 1.29 is 9.50 Å². The third-order valence-corrected chi connectivity index (χ3v) is 6.61. The van der Waals surface area contributed by atoms with Crippen LogP contribution in [-0.4, -0.2) is 18.9 Å². The number of nitriles is 1. The summed E-state index contributed by atoms with van der Waals surface area (Å²) in [6.45, 7) is 12.2. The fourth-order valence-corrected chi connectivity index (χ4v) is 4.59. The maximum atomic E-state index is 11.9. The molecule has 1 heterocycles. The van der Waals surface area contributed by atoms with Gasteiger partial charge in [-0.05, 0) is 72.2 Å². The van der Waals surface area contributed by atoms with Crippen LogP contribution >= 0.6 is 0 Å². The van der Waals surface area contributed by atoms with Crippen molar-refractivity contribution in [1.82, 2.24) is 0 Å². The van der Waals surface area contributed by atoms with Gasteiger partial charge in [0, 0.05) is 25.1 Å². The molecule has 4 rings (SSSR count). The van der Waals surface area contributed by atoms with E-state index in [0.717, 1.165) is 57.7 Å². The SMILES string of the molecule is CC.CCC(=O)c1ccc(/C(C)=C/c2cccc(-c3ccc(N4CCCC4)c(C#N)c3)c2C)cc1.F. The highest BCUT2D eigenvalue weighted by Crippen LogP contribution is 2.33. The first kappa shape index (κ1) is 28.5. The molecule has 0 bridgehead atoms. The molecule has 0 radical (unpaired) electrons. The third-order valence-electron chi connectivity index (χ3n) is 6.61. The number of carbonyl (C=O) groups excluding carboxylic acids is 1. The van der Waals surface area contributed by atoms with Crippen molar-refractivity contribution in [2.24, 2.45) is 0 Å². The number of halogens is 1. The minimum atomic E-state index is 0. The number of ketones is 1. The number of anilines is 1. The molecule has 1 aliphatic rings. The maximum absolute atomic E-state index is 11.9. The number of hydrogen-bond acceptors (Lipinski definition) is 3. The normalized spacial score (nSPS) is 12.8. The predicted molar refractivity (Wildman–Crippen MR) is 151 cm³/mol. The zero-order chi connectivity index (χ0) is 25.4. The highest BCUT2D eigenvalue weighted by Gasteiger charge is 2.17. The molecule has 1 aliphatic heterocycles. The largest absolute Gasteiger partial charge is 0.370 e. The zero-order valence-corrected chi connectivity index (χ0v) is 22.1. The van der Waals surface area contributed by atoms with Gasteiger partial charge < -0.3 is 4.90 Å². The summed E-state index contributed by atoms with van der Waals surface area (Å²) in [7, 11) is 0. The van der Waals surface area contributed by atoms with Crippen molar-refractivity contribution in [3.05, 3.63) is 88.5 Å². The zero-order valence-electron chi connectivity index (χ0n) is 22.1. The van der Waals surface area contributed by atoms with E-state index in [-0.39, 0.29) is 10.5 Å². The first-order valence-corrected chi connectivity index (χ1v) is 12.7. The molecule has 3 aromatic rings. The van der Waals surface area contributed by atoms with Crippen LogP contribution in [0.2, 0.25) is 0 Å². The highest BCUT2D eigenvalue weighted by atomic mass is 19.0. The molecular formula is C32H37FN2O. The molecule has 0 amide bonds. The van der Waals surface area contributed by atoms with Gasteiger partial charge in [0.25, 0.3) is 0 Å². The number of benzene rings is 3. The van der Waals surface area contributed by atoms with Gasteiger partial charge in [-0.1, -0.05) is 75.4 Å². The fourth-order valence-electron chi connectivity index (χ4n) is 4.59. The summed E-state index contributed by atoms with van der Waals surface area (Å²) < 4.78 is 0. The number of allylic oxidation sites excluding steroid dienone is 1. The quantitative estimate of drug-likeness (QED) is 0.260. The Hall–Kier alpha value is -3.71. The van der Waals surface area contributed by atoms with Crippen LogP contribution in [0.1, 0.15) is 79.6 Å². The van der Waals surface area contributed by atoms with Crippen LogP contribution in [0.3, 0.4) is 0 Å². The van der Waals surface area contributed by atoms with E-state index in [2.05, 4.69) is 61.2 Å². The Kier molecular flexibility index (Phi) is 10.6. The lowest BCUT2D eigenvalue weighted by molar-refractivity contribution is 0.0988. The second-order valence-corrected chi connectivity index (χ2v) is 8.74. The van der Waals surface area contributed by atoms with Gasteiger partial charge in [-0.25, -0.2) is 0 Å². The highest BCUT2D eigenvalue weighted by molar-refractivity contribution is 5.96. The van der Waals surface area contributed by atoms with Gasteiger partial charge in [-0.2, -0.15) is 5.26 Å². The Labute approximate surface area is 215 Å². The van der Waals surface area contributed by atoms with Crippen molar-refractivity contribution >= 4 is 23.1 Å². The topological polar surface area (TPSA) is 44.1 Å². The van der Waals surface area contributed by atoms with Gasteiger partial charge in [-0.3, -0.25) is 9.50 Å². The summed E-state index contributed by atoms with van der Waals surface area (Å²) in [4.78, 5) is 14.2. The molecule has 0 aromatic heterocycles. The standard InChI is InChI=1S/C30H30N2O.C2H6.FH/c1-4-30(33)24-12-10-23(11-13-24)21(2)18-25-8-7-9-28(22(25)3)26-14-15-29(27(19-26)20-31)32-16-5-6-17-32;1-2;/h7-15,18-19H,4-6,16-17H2,1-3H3;1-2H3;1H/b21-18+;;. The van der Waals surface area contributed by atoms with E-state index in [1.54, 1.807) is 0 Å². The first-order chi connectivity index (χ1) is 17.0. The van der Waals surface area contributed by atoms with Crippen molar-refractivity contribution in [2.75, 3.05) is 18.0 Å². The number of rotatable bonds is 6. The summed E-state index contributed by atoms with van der Waals surface area (Å²) in [5, 5.41) is 9.78. The summed E-state index contributed by atoms with van der Waals surface area (Å²) >= 11 is 0. The second kappa shape index (κ2) is 13.4. The van der Waals surface area contributed by atoms with Crippen LogP contribution < -0.4 is 4.90 Å². The van der Waals surface area contributed by atoms with Crippen LogP contribution in [0.4, 0.5) is 10.4 Å². The van der Waals surface area contributed by atoms with E-state index in [0.29, 0.717) is 6.42 Å². The molecule has 0 atom stereocenters. The van der Waals surface area contributed by atoms with E-state index < -0.39 is 0 Å². The van der Waals surface area contributed by atoms with Crippen molar-refractivity contribution in [3.8, 4) is 17.2 Å². The molecule has 0 saturated carbocycles. The summed E-state index contributed by atoms with van der Waals surface area (Å²) in [6, 6.07) is 22.9. The van der Waals surface area contributed by atoms with Gasteiger partial charge in [-0.15, -0.1) is 0 Å². The molecule has 4 heteroatoms. The average Bonchev–Trinajstić information content (AvgIpc) is 3.45. The molecule has 3 aromatic carbocycles. The van der Waals surface area contributed by atoms with Crippen LogP contribution in [0.5, 0.6) is 0 Å². The molecule has 0 spiro atoms. The predicted octanol–water partition coefficient (Wildman–Crippen LogP) is 8.47. The minimum Gasteiger partial charge on any atom is -0.370 e. The summed E-state index contributed by atoms with van der Waals surface area (Å²) in [5.74, 6) is 0.166. The Morgan fingerprint density at radius 2 is 1.64 bits per heavy atom. The van der Waals surface area contributed by atoms with Gasteiger partial charge in [0.1, 0.15) is 6.07 Å². The van der Waals surface area contributed by atoms with E-state index >= 15 is 0 Å². The lowest BCUT2D eigenvalue weighted by Crippen LogP contribution is -2.18. The molecular weight excluding hydrogens is 447 g/mol. The lowest BCUT2D eigenvalue weighted by atomic mass is 9.93. The second-order valence-electron chi connectivity index (χ2n) is 8.74. The third kappa shape index (κ3) is 6.29. The first-order valence-electron chi connectivity index (χ1n) is 12.7. The van der Waals surface area contributed by atoms with Crippen LogP contribution in [0.25, 0.3) is 22.8 Å². The maximum Gasteiger partial charge on any atom is 0.162 e. The van der Waals surface area contributed by atoms with Crippen molar-refractivity contribution in [3.63, 3.8) is 0 Å². The fraction of sp³-hybridized carbons (Fsp3) is 0.312. The monoisotopic (exact) mass is 484 g/mol. The van der Waals surface area contributed by atoms with Gasteiger partial charge >= 0.3 is 0 Å². The number of carbonyl (C=O) groups is 1. The summed E-state index contributed by atoms with van der Waals surface area (Å²) in [5.41, 5.74) is 9.36. The summed E-state index contributed by atoms with van der Waals surface area (Å²) in [6.07, 6.45) is 5.10. The average molecular weight is 485 g/mol. The Bertz CT molecular complexity index is 1250. The molecule has 0 aliphatic carbocycles. The molecule has 0 N–H and O–H groups in total. The van der Waals surface area contributed by atoms with E-state index in [9.17, 15) is 10.1 Å². The molecule has 36 heavy (non-hydrogen) atoms. The van der Waals surface area contributed by atoms with Gasteiger partial charge in [0.15, 0.2) is 5.78 Å². The van der Waals surface area contributed by atoms with Crippen molar-refractivity contribution in [2.45, 2.75) is 53.9 Å². The Balaban J connectivity index is 0.00000148. The van der Waals surface area contributed by atoms with E-state index in [1.807, 2.05) is 51.1 Å². The lowest BCUT2D eigenvalue weighted by Gasteiger charge is -2.20. The number of Topliss-reactive ketones (excluding diaryl/α,β-unsaturated/α-hetero) is 1. The molecule has 1 saturated heterocycles. The number of hydrogen-bond donors (Lipinski definition) is 0. The van der Waals surface area contributed by atoms with Gasteiger partial charge in [0.05, 0.1) is 11.3 Å². The molecule has 188 valence electrons. The van der Waals surface area contributed by atoms with Crippen LogP contribution in [0.15, 0.2) is 60.7 Å². The number of nitrogens with zero attached hydrogens (tertiary/aromatic N) is 2. The minimum absolute atomic E-state index is 0. The Morgan fingerprint density at radius 1 is 1.00 bits per heavy atom. The van der Waals surface area contributed by atoms with Crippen molar-refractivity contribution in [1.29, 1.82) is 5.26 Å². The van der Waals surface area contributed by atoms with E-state index in [1.165, 1.54) is 18.4 Å². The Morgan fingerprint density at radius 3 is 2.25 bits per heavy atom. The van der Waals surface area contributed by atoms with Gasteiger partial charge in [0.2, 0.25) is 0 Å². The van der Waals surface area contributed by atoms with Crippen LogP contribution in [-0.2, 0) is 0 Å². The molecule has 0 unspecified atom stereocenters. The molecule has 1 fully saturated rings. The van der Waals surface area contributed by atoms with E-state index in [4.69, 9.17) is 0 Å².